The minimum absolute atomic E-state index is 0.0109. The highest BCUT2D eigenvalue weighted by Gasteiger charge is 2.26. The van der Waals surface area contributed by atoms with Gasteiger partial charge in [0, 0.05) is 38.7 Å². The van der Waals surface area contributed by atoms with E-state index in [1.807, 2.05) is 12.1 Å². The van der Waals surface area contributed by atoms with Gasteiger partial charge in [0.2, 0.25) is 5.91 Å². The van der Waals surface area contributed by atoms with Crippen molar-refractivity contribution in [3.05, 3.63) is 65.2 Å². The molecule has 0 spiro atoms. The maximum atomic E-state index is 13.9. The SMILES string of the molecule is CC(C)(C)c1ccc(OCCCC(=O)N2CCN(C(=O)c3ccc(F)cc3F)CC2)cc1. The summed E-state index contributed by atoms with van der Waals surface area (Å²) in [5.41, 5.74) is 1.17. The van der Waals surface area contributed by atoms with Crippen LogP contribution in [0.5, 0.6) is 5.75 Å². The van der Waals surface area contributed by atoms with Crippen LogP contribution >= 0.6 is 0 Å². The normalized spacial score (nSPS) is 14.4. The van der Waals surface area contributed by atoms with Gasteiger partial charge in [-0.3, -0.25) is 9.59 Å². The largest absolute Gasteiger partial charge is 0.494 e. The Balaban J connectivity index is 1.39. The molecule has 1 aliphatic heterocycles. The Morgan fingerprint density at radius 1 is 0.938 bits per heavy atom. The third-order valence-corrected chi connectivity index (χ3v) is 5.61. The zero-order valence-electron chi connectivity index (χ0n) is 18.9. The van der Waals surface area contributed by atoms with Gasteiger partial charge in [-0.15, -0.1) is 0 Å². The number of piperazine rings is 1. The number of benzene rings is 2. The van der Waals surface area contributed by atoms with Crippen molar-refractivity contribution >= 4 is 11.8 Å². The summed E-state index contributed by atoms with van der Waals surface area (Å²) in [6.45, 7) is 8.34. The molecule has 0 aromatic heterocycles. The van der Waals surface area contributed by atoms with Crippen LogP contribution in [0.3, 0.4) is 0 Å². The Kier molecular flexibility index (Phi) is 7.48. The monoisotopic (exact) mass is 444 g/mol. The lowest BCUT2D eigenvalue weighted by molar-refractivity contribution is -0.132. The first-order chi connectivity index (χ1) is 15.1. The van der Waals surface area contributed by atoms with Gasteiger partial charge in [0.15, 0.2) is 0 Å². The highest BCUT2D eigenvalue weighted by molar-refractivity contribution is 5.94. The molecular formula is C25H30F2N2O3. The molecule has 2 aromatic rings. The molecule has 1 fully saturated rings. The van der Waals surface area contributed by atoms with Crippen LogP contribution in [0.25, 0.3) is 0 Å². The van der Waals surface area contributed by atoms with Crippen LogP contribution < -0.4 is 4.74 Å². The summed E-state index contributed by atoms with van der Waals surface area (Å²) in [5.74, 6) is -1.29. The van der Waals surface area contributed by atoms with E-state index in [0.717, 1.165) is 17.9 Å². The van der Waals surface area contributed by atoms with Crippen LogP contribution in [0, 0.1) is 11.6 Å². The van der Waals surface area contributed by atoms with E-state index < -0.39 is 17.5 Å². The number of hydrogen-bond donors (Lipinski definition) is 0. The summed E-state index contributed by atoms with van der Waals surface area (Å²) in [5, 5.41) is 0. The molecule has 3 rings (SSSR count). The summed E-state index contributed by atoms with van der Waals surface area (Å²) in [6, 6.07) is 10.9. The van der Waals surface area contributed by atoms with Crippen molar-refractivity contribution in [2.75, 3.05) is 32.8 Å². The number of rotatable bonds is 6. The van der Waals surface area contributed by atoms with E-state index in [4.69, 9.17) is 4.74 Å². The van der Waals surface area contributed by atoms with Crippen molar-refractivity contribution < 1.29 is 23.1 Å². The summed E-state index contributed by atoms with van der Waals surface area (Å²) in [6.07, 6.45) is 0.959. The lowest BCUT2D eigenvalue weighted by Gasteiger charge is -2.35. The predicted octanol–water partition coefficient (Wildman–Crippen LogP) is 4.41. The van der Waals surface area contributed by atoms with Gasteiger partial charge in [-0.1, -0.05) is 32.9 Å². The molecule has 32 heavy (non-hydrogen) atoms. The van der Waals surface area contributed by atoms with Crippen LogP contribution in [-0.2, 0) is 10.2 Å². The molecule has 1 heterocycles. The quantitative estimate of drug-likeness (QED) is 0.621. The Morgan fingerprint density at radius 2 is 1.56 bits per heavy atom. The zero-order chi connectivity index (χ0) is 23.3. The average molecular weight is 445 g/mol. The number of carbonyl (C=O) groups is 2. The molecule has 2 amide bonds. The molecule has 1 saturated heterocycles. The maximum absolute atomic E-state index is 13.9. The standard InChI is InChI=1S/C25H30F2N2O3/c1-25(2,3)18-6-9-20(10-7-18)32-16-4-5-23(30)28-12-14-29(15-13-28)24(31)21-11-8-19(26)17-22(21)27/h6-11,17H,4-5,12-16H2,1-3H3. The average Bonchev–Trinajstić information content (AvgIpc) is 2.76. The molecule has 1 aliphatic rings. The van der Waals surface area contributed by atoms with Gasteiger partial charge < -0.3 is 14.5 Å². The van der Waals surface area contributed by atoms with E-state index in [2.05, 4.69) is 32.9 Å². The van der Waals surface area contributed by atoms with Crippen LogP contribution in [-0.4, -0.2) is 54.4 Å². The Hall–Kier alpha value is -2.96. The van der Waals surface area contributed by atoms with E-state index in [-0.39, 0.29) is 16.9 Å². The van der Waals surface area contributed by atoms with Crippen molar-refractivity contribution in [3.8, 4) is 5.75 Å². The van der Waals surface area contributed by atoms with Crippen molar-refractivity contribution in [1.29, 1.82) is 0 Å². The highest BCUT2D eigenvalue weighted by Crippen LogP contribution is 2.24. The first-order valence-corrected chi connectivity index (χ1v) is 10.9. The number of hydrogen-bond acceptors (Lipinski definition) is 3. The van der Waals surface area contributed by atoms with E-state index in [1.54, 1.807) is 4.90 Å². The van der Waals surface area contributed by atoms with Crippen LogP contribution in [0.4, 0.5) is 8.78 Å². The summed E-state index contributed by atoms with van der Waals surface area (Å²) in [7, 11) is 0. The molecule has 0 unspecified atom stereocenters. The van der Waals surface area contributed by atoms with Gasteiger partial charge in [-0.25, -0.2) is 8.78 Å². The number of amides is 2. The Morgan fingerprint density at radius 3 is 2.16 bits per heavy atom. The minimum atomic E-state index is -0.874. The van der Waals surface area contributed by atoms with Crippen molar-refractivity contribution in [2.24, 2.45) is 0 Å². The van der Waals surface area contributed by atoms with Crippen LogP contribution in [0.15, 0.2) is 42.5 Å². The van der Waals surface area contributed by atoms with E-state index >= 15 is 0 Å². The predicted molar refractivity (Wildman–Crippen MR) is 119 cm³/mol. The number of nitrogens with zero attached hydrogens (tertiary/aromatic N) is 2. The van der Waals surface area contributed by atoms with Gasteiger partial charge >= 0.3 is 0 Å². The zero-order valence-corrected chi connectivity index (χ0v) is 18.9. The van der Waals surface area contributed by atoms with Crippen LogP contribution in [0.1, 0.15) is 49.5 Å². The fraction of sp³-hybridized carbons (Fsp3) is 0.440. The summed E-state index contributed by atoms with van der Waals surface area (Å²) >= 11 is 0. The smallest absolute Gasteiger partial charge is 0.256 e. The first-order valence-electron chi connectivity index (χ1n) is 10.9. The molecular weight excluding hydrogens is 414 g/mol. The van der Waals surface area contributed by atoms with Gasteiger partial charge in [0.05, 0.1) is 12.2 Å². The number of carbonyl (C=O) groups excluding carboxylic acids is 2. The lowest BCUT2D eigenvalue weighted by atomic mass is 9.87. The van der Waals surface area contributed by atoms with Crippen molar-refractivity contribution in [2.45, 2.75) is 39.0 Å². The van der Waals surface area contributed by atoms with E-state index in [1.165, 1.54) is 10.5 Å². The van der Waals surface area contributed by atoms with Crippen molar-refractivity contribution in [3.63, 3.8) is 0 Å². The second kappa shape index (κ2) is 10.1. The fourth-order valence-corrected chi connectivity index (χ4v) is 3.61. The van der Waals surface area contributed by atoms with E-state index in [9.17, 15) is 18.4 Å². The molecule has 5 nitrogen and oxygen atoms in total. The second-order valence-corrected chi connectivity index (χ2v) is 9.02. The number of halogens is 2. The van der Waals surface area contributed by atoms with Gasteiger partial charge in [0.25, 0.3) is 5.91 Å². The molecule has 0 atom stereocenters. The molecule has 7 heteroatoms. The fourth-order valence-electron chi connectivity index (χ4n) is 3.61. The first kappa shape index (κ1) is 23.7. The molecule has 0 saturated carbocycles. The number of ether oxygens (including phenoxy) is 1. The highest BCUT2D eigenvalue weighted by atomic mass is 19.1. The second-order valence-electron chi connectivity index (χ2n) is 9.02. The van der Waals surface area contributed by atoms with Crippen LogP contribution in [0.2, 0.25) is 0 Å². The van der Waals surface area contributed by atoms with Crippen molar-refractivity contribution in [1.82, 2.24) is 9.80 Å². The molecule has 0 aliphatic carbocycles. The summed E-state index contributed by atoms with van der Waals surface area (Å²) in [4.78, 5) is 28.1. The lowest BCUT2D eigenvalue weighted by Crippen LogP contribution is -2.50. The minimum Gasteiger partial charge on any atom is -0.494 e. The van der Waals surface area contributed by atoms with Gasteiger partial charge in [-0.2, -0.15) is 0 Å². The third kappa shape index (κ3) is 6.05. The summed E-state index contributed by atoms with van der Waals surface area (Å²) < 4.78 is 32.7. The Bertz CT molecular complexity index is 947. The topological polar surface area (TPSA) is 49.9 Å². The maximum Gasteiger partial charge on any atom is 0.256 e. The molecule has 0 radical (unpaired) electrons. The van der Waals surface area contributed by atoms with Gasteiger partial charge in [0.1, 0.15) is 17.4 Å². The van der Waals surface area contributed by atoms with E-state index in [0.29, 0.717) is 51.7 Å². The third-order valence-electron chi connectivity index (χ3n) is 5.61. The molecule has 2 aromatic carbocycles. The Labute approximate surface area is 188 Å². The molecule has 0 bridgehead atoms. The van der Waals surface area contributed by atoms with Gasteiger partial charge in [-0.05, 0) is 41.7 Å². The molecule has 172 valence electrons. The molecule has 0 N–H and O–H groups in total.